The number of rotatable bonds is 7. The van der Waals surface area contributed by atoms with Crippen molar-refractivity contribution in [2.45, 2.75) is 25.3 Å². The van der Waals surface area contributed by atoms with Crippen LogP contribution in [-0.2, 0) is 21.3 Å². The molecule has 0 saturated heterocycles. The molecule has 1 aromatic carbocycles. The highest BCUT2D eigenvalue weighted by Gasteiger charge is 2.17. The number of fused-ring (bicyclic) bond motifs is 1. The highest BCUT2D eigenvalue weighted by Crippen LogP contribution is 2.19. The Labute approximate surface area is 123 Å². The van der Waals surface area contributed by atoms with Crippen LogP contribution in [0.3, 0.4) is 0 Å². The molecule has 2 rings (SSSR count). The first-order chi connectivity index (χ1) is 9.87. The van der Waals surface area contributed by atoms with Gasteiger partial charge in [0.15, 0.2) is 0 Å². The Morgan fingerprint density at radius 3 is 2.76 bits per heavy atom. The quantitative estimate of drug-likeness (QED) is 0.667. The monoisotopic (exact) mass is 310 g/mol. The first-order valence-corrected chi connectivity index (χ1v) is 8.26. The van der Waals surface area contributed by atoms with Gasteiger partial charge in [-0.05, 0) is 24.5 Å². The van der Waals surface area contributed by atoms with Gasteiger partial charge < -0.3 is 10.7 Å². The maximum atomic E-state index is 11.9. The Balaban J connectivity index is 1.94. The molecule has 4 N–H and O–H groups in total. The van der Waals surface area contributed by atoms with Crippen molar-refractivity contribution in [3.63, 3.8) is 0 Å². The van der Waals surface area contributed by atoms with Gasteiger partial charge in [-0.15, -0.1) is 0 Å². The average Bonchev–Trinajstić information content (AvgIpc) is 2.80. The molecule has 7 heteroatoms. The van der Waals surface area contributed by atoms with Gasteiger partial charge in [0.25, 0.3) is 10.1 Å². The van der Waals surface area contributed by atoms with Crippen molar-refractivity contribution in [3.05, 3.63) is 36.0 Å². The summed E-state index contributed by atoms with van der Waals surface area (Å²) in [5.41, 5.74) is 7.82. The molecule has 0 aliphatic rings. The second kappa shape index (κ2) is 6.38. The highest BCUT2D eigenvalue weighted by atomic mass is 32.2. The largest absolute Gasteiger partial charge is 0.361 e. The van der Waals surface area contributed by atoms with E-state index in [4.69, 9.17) is 10.3 Å². The van der Waals surface area contributed by atoms with Crippen molar-refractivity contribution in [3.8, 4) is 0 Å². The van der Waals surface area contributed by atoms with Crippen LogP contribution in [0.15, 0.2) is 30.5 Å². The molecule has 0 radical (unpaired) electrons. The van der Waals surface area contributed by atoms with Gasteiger partial charge in [0.2, 0.25) is 0 Å². The number of nitrogens with two attached hydrogens (primary N) is 1. The maximum Gasteiger partial charge on any atom is 0.264 e. The molecule has 0 bridgehead atoms. The molecular formula is C14H18N2O4S. The summed E-state index contributed by atoms with van der Waals surface area (Å²) < 4.78 is 29.8. The first-order valence-electron chi connectivity index (χ1n) is 6.65. The van der Waals surface area contributed by atoms with Crippen molar-refractivity contribution in [1.29, 1.82) is 0 Å². The third kappa shape index (κ3) is 4.38. The lowest BCUT2D eigenvalue weighted by atomic mass is 10.0. The fourth-order valence-electron chi connectivity index (χ4n) is 2.27. The summed E-state index contributed by atoms with van der Waals surface area (Å²) in [5, 5.41) is 1.03. The molecule has 0 unspecified atom stereocenters. The van der Waals surface area contributed by atoms with Gasteiger partial charge in [0.1, 0.15) is 5.78 Å². The van der Waals surface area contributed by atoms with Crippen molar-refractivity contribution in [1.82, 2.24) is 4.98 Å². The average molecular weight is 310 g/mol. The predicted octanol–water partition coefficient (Wildman–Crippen LogP) is 1.27. The predicted molar refractivity (Wildman–Crippen MR) is 80.6 cm³/mol. The van der Waals surface area contributed by atoms with E-state index in [1.54, 1.807) is 0 Å². The Morgan fingerprint density at radius 2 is 2.05 bits per heavy atom. The number of hydrogen-bond donors (Lipinski definition) is 3. The summed E-state index contributed by atoms with van der Waals surface area (Å²) in [6.07, 6.45) is 2.35. The Bertz CT molecular complexity index is 736. The third-order valence-corrected chi connectivity index (χ3v) is 4.16. The number of para-hydroxylation sites is 1. The number of carbonyl (C=O) groups excluding carboxylic acids is 1. The third-order valence-electron chi connectivity index (χ3n) is 3.35. The van der Waals surface area contributed by atoms with Gasteiger partial charge in [-0.3, -0.25) is 9.35 Å². The highest BCUT2D eigenvalue weighted by molar-refractivity contribution is 7.85. The van der Waals surface area contributed by atoms with Crippen LogP contribution in [0.2, 0.25) is 0 Å². The van der Waals surface area contributed by atoms with Crippen LogP contribution >= 0.6 is 0 Å². The van der Waals surface area contributed by atoms with Crippen molar-refractivity contribution in [2.24, 2.45) is 5.73 Å². The summed E-state index contributed by atoms with van der Waals surface area (Å²) in [5.74, 6) is -0.623. The van der Waals surface area contributed by atoms with Crippen LogP contribution in [0.25, 0.3) is 10.9 Å². The van der Waals surface area contributed by atoms with E-state index in [0.29, 0.717) is 6.42 Å². The number of benzene rings is 1. The lowest BCUT2D eigenvalue weighted by Gasteiger charge is -2.09. The van der Waals surface area contributed by atoms with Gasteiger partial charge in [-0.1, -0.05) is 18.2 Å². The molecule has 0 saturated carbocycles. The molecular weight excluding hydrogens is 292 g/mol. The van der Waals surface area contributed by atoms with Crippen molar-refractivity contribution >= 4 is 26.8 Å². The van der Waals surface area contributed by atoms with E-state index in [2.05, 4.69) is 4.98 Å². The minimum atomic E-state index is -4.02. The number of nitrogens with one attached hydrogen (secondary N) is 1. The molecule has 2 aromatic rings. The maximum absolute atomic E-state index is 11.9. The molecule has 1 aromatic heterocycles. The molecule has 0 fully saturated rings. The molecule has 0 spiro atoms. The summed E-state index contributed by atoms with van der Waals surface area (Å²) in [6.45, 7) is 0. The molecule has 6 nitrogen and oxygen atoms in total. The van der Waals surface area contributed by atoms with Crippen LogP contribution in [0.4, 0.5) is 0 Å². The summed E-state index contributed by atoms with van der Waals surface area (Å²) in [4.78, 5) is 15.0. The number of aromatic nitrogens is 1. The first kappa shape index (κ1) is 15.7. The van der Waals surface area contributed by atoms with E-state index in [0.717, 1.165) is 16.5 Å². The van der Waals surface area contributed by atoms with Gasteiger partial charge in [-0.25, -0.2) is 0 Å². The van der Waals surface area contributed by atoms with Crippen molar-refractivity contribution < 1.29 is 17.8 Å². The lowest BCUT2D eigenvalue weighted by Crippen LogP contribution is -2.32. The van der Waals surface area contributed by atoms with Gasteiger partial charge in [0, 0.05) is 23.5 Å². The number of ketones is 1. The van der Waals surface area contributed by atoms with Crippen molar-refractivity contribution in [2.75, 3.05) is 5.75 Å². The van der Waals surface area contributed by atoms with E-state index in [9.17, 15) is 13.2 Å². The summed E-state index contributed by atoms with van der Waals surface area (Å²) in [6, 6.07) is 7.06. The van der Waals surface area contributed by atoms with E-state index in [-0.39, 0.29) is 18.6 Å². The molecule has 1 heterocycles. The van der Waals surface area contributed by atoms with Crippen LogP contribution in [0.5, 0.6) is 0 Å². The second-order valence-electron chi connectivity index (χ2n) is 5.03. The Hall–Kier alpha value is -1.70. The Kier molecular flexibility index (Phi) is 4.76. The normalized spacial score (nSPS) is 13.4. The number of aromatic amines is 1. The Morgan fingerprint density at radius 1 is 1.33 bits per heavy atom. The van der Waals surface area contributed by atoms with Crippen LogP contribution in [0, 0.1) is 0 Å². The zero-order valence-corrected chi connectivity index (χ0v) is 12.3. The topological polar surface area (TPSA) is 113 Å². The minimum absolute atomic E-state index is 0.0450. The lowest BCUT2D eigenvalue weighted by molar-refractivity contribution is -0.120. The fraction of sp³-hybridized carbons (Fsp3) is 0.357. The zero-order valence-electron chi connectivity index (χ0n) is 11.5. The van der Waals surface area contributed by atoms with Crippen LogP contribution < -0.4 is 5.73 Å². The standard InChI is InChI=1S/C14H18N2O4S/c15-12(14(17)6-3-7-21(18,19)20)8-10-9-16-13-5-2-1-4-11(10)13/h1-2,4-5,9,12,16H,3,6-8,15H2,(H,18,19,20)/t12-/m0/s1. The SMILES string of the molecule is N[C@@H](Cc1c[nH]c2ccccc12)C(=O)CCCS(=O)(=O)O. The smallest absolute Gasteiger partial charge is 0.264 e. The fourth-order valence-corrected chi connectivity index (χ4v) is 2.77. The molecule has 0 aliphatic heterocycles. The van der Waals surface area contributed by atoms with Gasteiger partial charge >= 0.3 is 0 Å². The minimum Gasteiger partial charge on any atom is -0.361 e. The number of hydrogen-bond acceptors (Lipinski definition) is 4. The van der Waals surface area contributed by atoms with Gasteiger partial charge in [-0.2, -0.15) is 8.42 Å². The second-order valence-corrected chi connectivity index (χ2v) is 6.60. The molecule has 1 atom stereocenters. The van der Waals surface area contributed by atoms with Gasteiger partial charge in [0.05, 0.1) is 11.8 Å². The van der Waals surface area contributed by atoms with Crippen LogP contribution in [0.1, 0.15) is 18.4 Å². The number of Topliss-reactive ketones (excluding diaryl/α,β-unsaturated/α-hetero) is 1. The van der Waals surface area contributed by atoms with E-state index in [1.807, 2.05) is 30.5 Å². The van der Waals surface area contributed by atoms with E-state index < -0.39 is 21.9 Å². The van der Waals surface area contributed by atoms with Crippen LogP contribution in [-0.4, -0.2) is 35.5 Å². The molecule has 114 valence electrons. The number of H-pyrrole nitrogens is 1. The van der Waals surface area contributed by atoms with E-state index in [1.165, 1.54) is 0 Å². The van der Waals surface area contributed by atoms with E-state index >= 15 is 0 Å². The molecule has 21 heavy (non-hydrogen) atoms. The zero-order chi connectivity index (χ0) is 15.5. The number of carbonyl (C=O) groups is 1. The summed E-state index contributed by atoms with van der Waals surface area (Å²) >= 11 is 0. The molecule has 0 amide bonds. The summed E-state index contributed by atoms with van der Waals surface area (Å²) in [7, 11) is -4.02. The molecule has 0 aliphatic carbocycles.